The zero-order valence-electron chi connectivity index (χ0n) is 16.7. The molecule has 3 aromatic rings. The van der Waals surface area contributed by atoms with E-state index in [0.29, 0.717) is 17.9 Å². The second kappa shape index (κ2) is 8.80. The number of carbonyl (C=O) groups is 1. The molecule has 0 radical (unpaired) electrons. The number of aromatic nitrogens is 4. The number of ketones is 1. The fourth-order valence-corrected chi connectivity index (χ4v) is 2.98. The molecule has 1 unspecified atom stereocenters. The second-order valence-electron chi connectivity index (χ2n) is 6.86. The third kappa shape index (κ3) is 4.46. The van der Waals surface area contributed by atoms with Crippen LogP contribution in [0.1, 0.15) is 28.2 Å². The van der Waals surface area contributed by atoms with E-state index >= 15 is 0 Å². The molecule has 0 saturated heterocycles. The highest BCUT2D eigenvalue weighted by Crippen LogP contribution is 2.39. The Morgan fingerprint density at radius 2 is 2.13 bits per heavy atom. The van der Waals surface area contributed by atoms with Crippen LogP contribution in [0, 0.1) is 0 Å². The highest BCUT2D eigenvalue weighted by molar-refractivity contribution is 6.09. The number of carbonyl (C=O) groups excluding carboxylic acids is 1. The van der Waals surface area contributed by atoms with Gasteiger partial charge in [-0.2, -0.15) is 0 Å². The Labute approximate surface area is 178 Å². The molecule has 1 aliphatic heterocycles. The zero-order valence-corrected chi connectivity index (χ0v) is 16.7. The first kappa shape index (κ1) is 20.3. The van der Waals surface area contributed by atoms with Gasteiger partial charge in [0.05, 0.1) is 12.2 Å². The van der Waals surface area contributed by atoms with E-state index in [-0.39, 0.29) is 24.0 Å². The molecule has 9 heteroatoms. The molecule has 0 aliphatic carbocycles. The smallest absolute Gasteiger partial charge is 0.254 e. The number of ether oxygens (including phenoxy) is 3. The maximum Gasteiger partial charge on any atom is 0.254 e. The van der Waals surface area contributed by atoms with E-state index in [1.165, 1.54) is 6.08 Å². The molecule has 1 aromatic heterocycles. The van der Waals surface area contributed by atoms with Crippen LogP contribution in [0.3, 0.4) is 0 Å². The Hall–Kier alpha value is -3.98. The number of nitrogens with zero attached hydrogens (tertiary/aromatic N) is 3. The van der Waals surface area contributed by atoms with Gasteiger partial charge in [0.1, 0.15) is 12.4 Å². The van der Waals surface area contributed by atoms with Crippen molar-refractivity contribution < 1.29 is 19.0 Å². The molecule has 1 atom stereocenters. The van der Waals surface area contributed by atoms with Crippen molar-refractivity contribution in [1.29, 1.82) is 0 Å². The lowest BCUT2D eigenvalue weighted by Crippen LogP contribution is -2.51. The molecule has 0 bridgehead atoms. The van der Waals surface area contributed by atoms with Crippen LogP contribution in [0.4, 0.5) is 0 Å². The standard InChI is InChI=1S/C22H21N5O4/c1-2-3-13-29-16-10-7-15(8-11-16)9-12-18(28)17-5-4-6-19-20(17)31-22(23,14-30-19)21-24-26-27-25-21/h2,4-12H,1,3,13-14,23H2,(H,24,25,26,27). The molecule has 0 fully saturated rings. The summed E-state index contributed by atoms with van der Waals surface area (Å²) in [4.78, 5) is 12.9. The highest BCUT2D eigenvalue weighted by Gasteiger charge is 2.40. The van der Waals surface area contributed by atoms with Gasteiger partial charge in [-0.05, 0) is 52.8 Å². The molecule has 158 valence electrons. The number of rotatable bonds is 8. The van der Waals surface area contributed by atoms with Gasteiger partial charge in [0.15, 0.2) is 17.3 Å². The summed E-state index contributed by atoms with van der Waals surface area (Å²) in [6.07, 6.45) is 5.77. The molecular formula is C22H21N5O4. The van der Waals surface area contributed by atoms with Crippen LogP contribution < -0.4 is 19.9 Å². The van der Waals surface area contributed by atoms with Gasteiger partial charge in [0, 0.05) is 0 Å². The normalized spacial score (nSPS) is 17.5. The number of aromatic amines is 1. The average molecular weight is 419 g/mol. The Bertz CT molecular complexity index is 1100. The summed E-state index contributed by atoms with van der Waals surface area (Å²) >= 11 is 0. The lowest BCUT2D eigenvalue weighted by atomic mass is 10.1. The Morgan fingerprint density at radius 1 is 1.29 bits per heavy atom. The van der Waals surface area contributed by atoms with Gasteiger partial charge >= 0.3 is 0 Å². The number of hydrogen-bond acceptors (Lipinski definition) is 8. The molecule has 0 amide bonds. The largest absolute Gasteiger partial charge is 0.493 e. The number of nitrogens with two attached hydrogens (primary N) is 1. The van der Waals surface area contributed by atoms with Gasteiger partial charge in [-0.1, -0.05) is 30.4 Å². The van der Waals surface area contributed by atoms with Crippen molar-refractivity contribution in [2.24, 2.45) is 5.73 Å². The number of hydrogen-bond donors (Lipinski definition) is 2. The van der Waals surface area contributed by atoms with Gasteiger partial charge in [-0.25, -0.2) is 5.10 Å². The lowest BCUT2D eigenvalue weighted by molar-refractivity contribution is -0.0154. The summed E-state index contributed by atoms with van der Waals surface area (Å²) in [6.45, 7) is 4.23. The van der Waals surface area contributed by atoms with Crippen molar-refractivity contribution in [3.8, 4) is 17.2 Å². The minimum Gasteiger partial charge on any atom is -0.493 e. The fraction of sp³-hybridized carbons (Fsp3) is 0.182. The van der Waals surface area contributed by atoms with E-state index < -0.39 is 5.72 Å². The zero-order chi connectivity index (χ0) is 21.7. The highest BCUT2D eigenvalue weighted by atomic mass is 16.6. The molecular weight excluding hydrogens is 398 g/mol. The maximum atomic E-state index is 12.9. The summed E-state index contributed by atoms with van der Waals surface area (Å²) in [7, 11) is 0. The van der Waals surface area contributed by atoms with E-state index in [0.717, 1.165) is 17.7 Å². The van der Waals surface area contributed by atoms with E-state index in [4.69, 9.17) is 19.9 Å². The second-order valence-corrected chi connectivity index (χ2v) is 6.86. The Kier molecular flexibility index (Phi) is 5.76. The Morgan fingerprint density at radius 3 is 2.87 bits per heavy atom. The third-order valence-corrected chi connectivity index (χ3v) is 4.61. The van der Waals surface area contributed by atoms with Crippen molar-refractivity contribution >= 4 is 11.9 Å². The number of para-hydroxylation sites is 1. The average Bonchev–Trinajstić information content (AvgIpc) is 3.34. The maximum absolute atomic E-state index is 12.9. The van der Waals surface area contributed by atoms with Crippen LogP contribution in [0.25, 0.3) is 6.08 Å². The Balaban J connectivity index is 1.50. The number of H-pyrrole nitrogens is 1. The molecule has 9 nitrogen and oxygen atoms in total. The van der Waals surface area contributed by atoms with E-state index in [1.807, 2.05) is 24.3 Å². The summed E-state index contributed by atoms with van der Waals surface area (Å²) < 4.78 is 17.2. The van der Waals surface area contributed by atoms with Crippen LogP contribution in [-0.2, 0) is 5.72 Å². The van der Waals surface area contributed by atoms with E-state index in [1.54, 1.807) is 30.4 Å². The van der Waals surface area contributed by atoms with Crippen LogP contribution in [0.15, 0.2) is 61.2 Å². The first-order chi connectivity index (χ1) is 15.1. The van der Waals surface area contributed by atoms with Gasteiger partial charge in [-0.15, -0.1) is 11.7 Å². The summed E-state index contributed by atoms with van der Waals surface area (Å²) in [6, 6.07) is 12.5. The number of benzene rings is 2. The van der Waals surface area contributed by atoms with E-state index in [9.17, 15) is 4.79 Å². The lowest BCUT2D eigenvalue weighted by Gasteiger charge is -2.33. The van der Waals surface area contributed by atoms with E-state index in [2.05, 4.69) is 27.2 Å². The minimum absolute atomic E-state index is 0.00836. The monoisotopic (exact) mass is 419 g/mol. The number of nitrogens with one attached hydrogen (secondary N) is 1. The first-order valence-corrected chi connectivity index (χ1v) is 9.63. The number of allylic oxidation sites excluding steroid dienone is 1. The van der Waals surface area contributed by atoms with Gasteiger partial charge in [0.25, 0.3) is 5.72 Å². The number of fused-ring (bicyclic) bond motifs is 1. The van der Waals surface area contributed by atoms with Gasteiger partial charge in [0.2, 0.25) is 5.82 Å². The molecule has 1 aliphatic rings. The minimum atomic E-state index is -1.43. The quantitative estimate of drug-likeness (QED) is 0.247. The molecule has 4 rings (SSSR count). The molecule has 3 N–H and O–H groups in total. The third-order valence-electron chi connectivity index (χ3n) is 4.61. The van der Waals surface area contributed by atoms with Crippen LogP contribution in [0.2, 0.25) is 0 Å². The predicted octanol–water partition coefficient (Wildman–Crippen LogP) is 2.63. The van der Waals surface area contributed by atoms with Crippen molar-refractivity contribution in [2.75, 3.05) is 13.2 Å². The SMILES string of the molecule is C=CCCOc1ccc(C=CC(=O)c2cccc3c2OC(N)(c2nnn[nH]2)CO3)cc1. The van der Waals surface area contributed by atoms with Crippen LogP contribution >= 0.6 is 0 Å². The first-order valence-electron chi connectivity index (χ1n) is 9.63. The van der Waals surface area contributed by atoms with Gasteiger partial charge < -0.3 is 14.2 Å². The topological polar surface area (TPSA) is 125 Å². The van der Waals surface area contributed by atoms with Crippen molar-refractivity contribution in [2.45, 2.75) is 12.1 Å². The predicted molar refractivity (Wildman–Crippen MR) is 113 cm³/mol. The molecule has 0 saturated carbocycles. The van der Waals surface area contributed by atoms with Gasteiger partial charge in [-0.3, -0.25) is 10.5 Å². The molecule has 0 spiro atoms. The fourth-order valence-electron chi connectivity index (χ4n) is 2.98. The molecule has 2 heterocycles. The van der Waals surface area contributed by atoms with Crippen molar-refractivity contribution in [3.05, 3.63) is 78.1 Å². The summed E-state index contributed by atoms with van der Waals surface area (Å²) in [5.74, 6) is 1.37. The van der Waals surface area contributed by atoms with Crippen molar-refractivity contribution in [1.82, 2.24) is 20.6 Å². The summed E-state index contributed by atoms with van der Waals surface area (Å²) in [5, 5.41) is 13.4. The van der Waals surface area contributed by atoms with Crippen LogP contribution in [-0.4, -0.2) is 39.6 Å². The summed E-state index contributed by atoms with van der Waals surface area (Å²) in [5.41, 5.74) is 6.00. The molecule has 2 aromatic carbocycles. The molecule has 31 heavy (non-hydrogen) atoms. The van der Waals surface area contributed by atoms with Crippen LogP contribution in [0.5, 0.6) is 17.2 Å². The number of tetrazole rings is 1. The van der Waals surface area contributed by atoms with Crippen molar-refractivity contribution in [3.63, 3.8) is 0 Å².